The normalized spacial score (nSPS) is 18.8. The first-order valence-electron chi connectivity index (χ1n) is 10.5. The highest BCUT2D eigenvalue weighted by Gasteiger charge is 2.33. The Morgan fingerprint density at radius 2 is 1.41 bits per heavy atom. The second-order valence-corrected chi connectivity index (χ2v) is 9.25. The van der Waals surface area contributed by atoms with Crippen LogP contribution in [0.3, 0.4) is 0 Å². The van der Waals surface area contributed by atoms with Crippen LogP contribution < -0.4 is 5.32 Å². The van der Waals surface area contributed by atoms with E-state index < -0.39 is 0 Å². The lowest BCUT2D eigenvalue weighted by Crippen LogP contribution is -2.48. The molecule has 1 aromatic carbocycles. The van der Waals surface area contributed by atoms with Gasteiger partial charge >= 0.3 is 0 Å². The summed E-state index contributed by atoms with van der Waals surface area (Å²) in [5.41, 5.74) is 0.680. The van der Waals surface area contributed by atoms with Crippen molar-refractivity contribution in [3.05, 3.63) is 34.3 Å². The molecule has 2 aliphatic heterocycles. The van der Waals surface area contributed by atoms with Gasteiger partial charge in [0.1, 0.15) is 0 Å². The number of carbonyl (C=O) groups is 3. The number of hydrogen-bond donors (Lipinski definition) is 1. The van der Waals surface area contributed by atoms with Crippen LogP contribution in [0.4, 0.5) is 0 Å². The third-order valence-electron chi connectivity index (χ3n) is 5.83. The van der Waals surface area contributed by atoms with Crippen LogP contribution >= 0.6 is 15.9 Å². The molecule has 3 rings (SSSR count). The van der Waals surface area contributed by atoms with Crippen molar-refractivity contribution in [1.82, 2.24) is 15.1 Å². The Labute approximate surface area is 181 Å². The highest BCUT2D eigenvalue weighted by atomic mass is 79.9. The smallest absolute Gasteiger partial charge is 0.253 e. The van der Waals surface area contributed by atoms with Crippen molar-refractivity contribution in [2.24, 2.45) is 11.8 Å². The second-order valence-electron chi connectivity index (χ2n) is 8.34. The molecule has 0 radical (unpaired) electrons. The molecule has 1 N–H and O–H groups in total. The summed E-state index contributed by atoms with van der Waals surface area (Å²) >= 11 is 3.38. The van der Waals surface area contributed by atoms with E-state index in [0.29, 0.717) is 44.6 Å². The van der Waals surface area contributed by atoms with Crippen molar-refractivity contribution >= 4 is 33.7 Å². The topological polar surface area (TPSA) is 69.7 Å². The van der Waals surface area contributed by atoms with E-state index in [9.17, 15) is 14.4 Å². The molecule has 0 saturated carbocycles. The van der Waals surface area contributed by atoms with Crippen LogP contribution in [0.2, 0.25) is 0 Å². The van der Waals surface area contributed by atoms with Gasteiger partial charge in [-0.3, -0.25) is 14.4 Å². The minimum atomic E-state index is -0.0231. The Hall–Kier alpha value is -1.89. The highest BCUT2D eigenvalue weighted by Crippen LogP contribution is 2.25. The van der Waals surface area contributed by atoms with Crippen molar-refractivity contribution in [2.45, 2.75) is 45.6 Å². The Morgan fingerprint density at radius 3 is 1.97 bits per heavy atom. The molecule has 1 aromatic rings. The number of carbonyl (C=O) groups excluding carboxylic acids is 3. The van der Waals surface area contributed by atoms with Gasteiger partial charge in [0, 0.05) is 54.1 Å². The molecule has 2 heterocycles. The van der Waals surface area contributed by atoms with Crippen LogP contribution in [-0.4, -0.2) is 59.7 Å². The minimum absolute atomic E-state index is 0.00632. The second kappa shape index (κ2) is 9.74. The van der Waals surface area contributed by atoms with Gasteiger partial charge in [-0.05, 0) is 63.8 Å². The van der Waals surface area contributed by atoms with E-state index in [-0.39, 0.29) is 35.6 Å². The first-order chi connectivity index (χ1) is 13.8. The molecule has 6 nitrogen and oxygen atoms in total. The van der Waals surface area contributed by atoms with Crippen molar-refractivity contribution in [3.63, 3.8) is 0 Å². The molecule has 0 unspecified atom stereocenters. The number of piperidine rings is 2. The number of nitrogens with zero attached hydrogens (tertiary/aromatic N) is 2. The SMILES string of the molecule is CC(C)NC(=O)C1CCN(C(=O)C2CCN(C(=O)c3ccc(Br)cc3)CC2)CC1. The molecule has 29 heavy (non-hydrogen) atoms. The predicted molar refractivity (Wildman–Crippen MR) is 115 cm³/mol. The molecule has 7 heteroatoms. The number of nitrogens with one attached hydrogen (secondary N) is 1. The van der Waals surface area contributed by atoms with Gasteiger partial charge < -0.3 is 15.1 Å². The van der Waals surface area contributed by atoms with Crippen molar-refractivity contribution < 1.29 is 14.4 Å². The molecule has 2 fully saturated rings. The lowest BCUT2D eigenvalue weighted by molar-refractivity contribution is -0.140. The fourth-order valence-electron chi connectivity index (χ4n) is 4.13. The van der Waals surface area contributed by atoms with E-state index in [2.05, 4.69) is 21.2 Å². The summed E-state index contributed by atoms with van der Waals surface area (Å²) < 4.78 is 0.948. The zero-order chi connectivity index (χ0) is 21.0. The molecule has 3 amide bonds. The zero-order valence-corrected chi connectivity index (χ0v) is 18.8. The Bertz CT molecular complexity index is 734. The molecular weight excluding hydrogens is 434 g/mol. The molecule has 2 saturated heterocycles. The van der Waals surface area contributed by atoms with Crippen LogP contribution in [0.5, 0.6) is 0 Å². The first-order valence-corrected chi connectivity index (χ1v) is 11.3. The molecule has 0 spiro atoms. The van der Waals surface area contributed by atoms with Crippen LogP contribution in [0, 0.1) is 11.8 Å². The van der Waals surface area contributed by atoms with E-state index in [0.717, 1.165) is 17.3 Å². The average Bonchev–Trinajstić information content (AvgIpc) is 2.73. The van der Waals surface area contributed by atoms with E-state index in [1.54, 1.807) is 0 Å². The monoisotopic (exact) mass is 463 g/mol. The zero-order valence-electron chi connectivity index (χ0n) is 17.2. The standard InChI is InChI=1S/C22H30BrN3O3/c1-15(2)24-20(27)16-7-11-25(12-8-16)22(29)18-9-13-26(14-10-18)21(28)17-3-5-19(23)6-4-17/h3-6,15-16,18H,7-14H2,1-2H3,(H,24,27). The number of halogens is 1. The minimum Gasteiger partial charge on any atom is -0.354 e. The predicted octanol–water partition coefficient (Wildman–Crippen LogP) is 3.06. The van der Waals surface area contributed by atoms with Gasteiger partial charge in [0.15, 0.2) is 0 Å². The van der Waals surface area contributed by atoms with E-state index >= 15 is 0 Å². The maximum Gasteiger partial charge on any atom is 0.253 e. The Kier molecular flexibility index (Phi) is 7.33. The summed E-state index contributed by atoms with van der Waals surface area (Å²) in [6, 6.07) is 7.53. The van der Waals surface area contributed by atoms with Gasteiger partial charge in [-0.1, -0.05) is 15.9 Å². The number of hydrogen-bond acceptors (Lipinski definition) is 3. The van der Waals surface area contributed by atoms with Crippen LogP contribution in [-0.2, 0) is 9.59 Å². The van der Waals surface area contributed by atoms with Gasteiger partial charge in [-0.2, -0.15) is 0 Å². The lowest BCUT2D eigenvalue weighted by Gasteiger charge is -2.37. The summed E-state index contributed by atoms with van der Waals surface area (Å²) in [7, 11) is 0. The summed E-state index contributed by atoms with van der Waals surface area (Å²) in [5.74, 6) is 0.299. The van der Waals surface area contributed by atoms with Crippen LogP contribution in [0.1, 0.15) is 49.9 Å². The summed E-state index contributed by atoms with van der Waals surface area (Å²) in [6.45, 7) is 6.44. The summed E-state index contributed by atoms with van der Waals surface area (Å²) in [6.07, 6.45) is 2.86. The highest BCUT2D eigenvalue weighted by molar-refractivity contribution is 9.10. The molecule has 0 bridgehead atoms. The molecule has 0 aliphatic carbocycles. The van der Waals surface area contributed by atoms with E-state index in [1.807, 2.05) is 47.9 Å². The number of likely N-dealkylation sites (tertiary alicyclic amines) is 2. The van der Waals surface area contributed by atoms with Crippen LogP contribution in [0.15, 0.2) is 28.7 Å². The average molecular weight is 464 g/mol. The Balaban J connectivity index is 1.46. The van der Waals surface area contributed by atoms with Gasteiger partial charge in [0.2, 0.25) is 11.8 Å². The lowest BCUT2D eigenvalue weighted by atomic mass is 9.91. The van der Waals surface area contributed by atoms with Gasteiger partial charge in [0.05, 0.1) is 0 Å². The molecule has 0 aromatic heterocycles. The number of rotatable bonds is 4. The largest absolute Gasteiger partial charge is 0.354 e. The van der Waals surface area contributed by atoms with E-state index in [4.69, 9.17) is 0 Å². The van der Waals surface area contributed by atoms with Crippen molar-refractivity contribution in [1.29, 1.82) is 0 Å². The molecular formula is C22H30BrN3O3. The van der Waals surface area contributed by atoms with Gasteiger partial charge in [-0.15, -0.1) is 0 Å². The summed E-state index contributed by atoms with van der Waals surface area (Å²) in [4.78, 5) is 41.5. The van der Waals surface area contributed by atoms with Crippen LogP contribution in [0.25, 0.3) is 0 Å². The van der Waals surface area contributed by atoms with Gasteiger partial charge in [0.25, 0.3) is 5.91 Å². The number of amides is 3. The summed E-state index contributed by atoms with van der Waals surface area (Å²) in [5, 5.41) is 2.97. The maximum atomic E-state index is 12.9. The third-order valence-corrected chi connectivity index (χ3v) is 6.36. The molecule has 0 atom stereocenters. The fourth-order valence-corrected chi connectivity index (χ4v) is 4.39. The van der Waals surface area contributed by atoms with Gasteiger partial charge in [-0.25, -0.2) is 0 Å². The van der Waals surface area contributed by atoms with Crippen molar-refractivity contribution in [3.8, 4) is 0 Å². The Morgan fingerprint density at radius 1 is 0.897 bits per heavy atom. The number of benzene rings is 1. The van der Waals surface area contributed by atoms with E-state index in [1.165, 1.54) is 0 Å². The molecule has 158 valence electrons. The molecule has 2 aliphatic rings. The third kappa shape index (κ3) is 5.59. The van der Waals surface area contributed by atoms with Crippen molar-refractivity contribution in [2.75, 3.05) is 26.2 Å². The quantitative estimate of drug-likeness (QED) is 0.745. The maximum absolute atomic E-state index is 12.9. The fraction of sp³-hybridized carbons (Fsp3) is 0.591. The first kappa shape index (κ1) is 21.8.